The van der Waals surface area contributed by atoms with E-state index in [4.69, 9.17) is 11.6 Å². The Labute approximate surface area is 171 Å². The maximum atomic E-state index is 12.9. The molecule has 7 heteroatoms. The number of anilines is 1. The number of hydrogen-bond acceptors (Lipinski definition) is 3. The highest BCUT2D eigenvalue weighted by molar-refractivity contribution is 7.89. The molecule has 150 valence electrons. The maximum Gasteiger partial charge on any atom is 0.255 e. The molecule has 5 nitrogen and oxygen atoms in total. The van der Waals surface area contributed by atoms with Crippen LogP contribution in [0, 0.1) is 6.92 Å². The largest absolute Gasteiger partial charge is 0.322 e. The Hall–Kier alpha value is -1.89. The molecule has 0 unspecified atom stereocenters. The number of nitrogens with zero attached hydrogens (tertiary/aromatic N) is 1. The van der Waals surface area contributed by atoms with Crippen molar-refractivity contribution in [2.45, 2.75) is 50.0 Å². The molecule has 0 atom stereocenters. The summed E-state index contributed by atoms with van der Waals surface area (Å²) in [6.45, 7) is 1.83. The number of hydrogen-bond donors (Lipinski definition) is 1. The topological polar surface area (TPSA) is 66.5 Å². The highest BCUT2D eigenvalue weighted by Gasteiger charge is 2.29. The molecular formula is C21H25ClN2O3S. The lowest BCUT2D eigenvalue weighted by molar-refractivity contribution is 0.102. The molecule has 1 saturated carbocycles. The van der Waals surface area contributed by atoms with Crippen molar-refractivity contribution in [3.05, 3.63) is 58.6 Å². The molecule has 0 bridgehead atoms. The van der Waals surface area contributed by atoms with Crippen molar-refractivity contribution in [3.63, 3.8) is 0 Å². The van der Waals surface area contributed by atoms with E-state index in [1.807, 2.05) is 6.92 Å². The van der Waals surface area contributed by atoms with Crippen molar-refractivity contribution in [2.24, 2.45) is 0 Å². The van der Waals surface area contributed by atoms with Crippen LogP contribution in [0.4, 0.5) is 5.69 Å². The van der Waals surface area contributed by atoms with Gasteiger partial charge in [-0.05, 0) is 61.7 Å². The zero-order valence-electron chi connectivity index (χ0n) is 16.1. The first kappa shape index (κ1) is 20.8. The molecule has 2 aromatic carbocycles. The average molecular weight is 421 g/mol. The molecule has 1 aliphatic carbocycles. The van der Waals surface area contributed by atoms with Gasteiger partial charge in [-0.2, -0.15) is 4.31 Å². The van der Waals surface area contributed by atoms with Gasteiger partial charge in [-0.1, -0.05) is 36.9 Å². The fourth-order valence-electron chi connectivity index (χ4n) is 3.52. The third-order valence-corrected chi connectivity index (χ3v) is 7.73. The number of nitrogens with one attached hydrogen (secondary N) is 1. The minimum Gasteiger partial charge on any atom is -0.322 e. The average Bonchev–Trinajstić information content (AvgIpc) is 2.71. The van der Waals surface area contributed by atoms with Gasteiger partial charge in [0.2, 0.25) is 10.0 Å². The van der Waals surface area contributed by atoms with Crippen molar-refractivity contribution in [3.8, 4) is 0 Å². The number of benzene rings is 2. The summed E-state index contributed by atoms with van der Waals surface area (Å²) >= 11 is 6.09. The fraction of sp³-hybridized carbons (Fsp3) is 0.381. The number of carbonyl (C=O) groups is 1. The second-order valence-corrected chi connectivity index (χ2v) is 9.61. The van der Waals surface area contributed by atoms with Crippen LogP contribution in [0.2, 0.25) is 5.02 Å². The molecule has 0 saturated heterocycles. The van der Waals surface area contributed by atoms with Crippen LogP contribution in [0.5, 0.6) is 0 Å². The van der Waals surface area contributed by atoms with Gasteiger partial charge in [0.15, 0.2) is 0 Å². The van der Waals surface area contributed by atoms with Crippen LogP contribution in [-0.4, -0.2) is 31.7 Å². The van der Waals surface area contributed by atoms with Crippen LogP contribution in [0.3, 0.4) is 0 Å². The summed E-state index contributed by atoms with van der Waals surface area (Å²) in [7, 11) is -1.92. The number of rotatable bonds is 5. The van der Waals surface area contributed by atoms with E-state index in [1.165, 1.54) is 35.0 Å². The quantitative estimate of drug-likeness (QED) is 0.751. The van der Waals surface area contributed by atoms with Crippen LogP contribution in [-0.2, 0) is 10.0 Å². The second-order valence-electron chi connectivity index (χ2n) is 7.20. The van der Waals surface area contributed by atoms with Crippen LogP contribution in [0.15, 0.2) is 47.4 Å². The van der Waals surface area contributed by atoms with Gasteiger partial charge in [-0.25, -0.2) is 8.42 Å². The van der Waals surface area contributed by atoms with Crippen LogP contribution in [0.25, 0.3) is 0 Å². The van der Waals surface area contributed by atoms with Gasteiger partial charge in [0.25, 0.3) is 5.91 Å². The number of amides is 1. The molecule has 0 radical (unpaired) electrons. The molecule has 1 fully saturated rings. The number of sulfonamides is 1. The molecule has 1 aliphatic rings. The number of halogens is 1. The first-order valence-corrected chi connectivity index (χ1v) is 11.3. The van der Waals surface area contributed by atoms with Gasteiger partial charge in [0, 0.05) is 29.4 Å². The second kappa shape index (κ2) is 8.64. The molecule has 0 aromatic heterocycles. The third kappa shape index (κ3) is 4.40. The Balaban J connectivity index is 1.75. The molecular weight excluding hydrogens is 396 g/mol. The zero-order valence-corrected chi connectivity index (χ0v) is 17.7. The highest BCUT2D eigenvalue weighted by atomic mass is 35.5. The van der Waals surface area contributed by atoms with Gasteiger partial charge in [-0.15, -0.1) is 0 Å². The van der Waals surface area contributed by atoms with Gasteiger partial charge in [0.05, 0.1) is 4.90 Å². The van der Waals surface area contributed by atoms with Crippen molar-refractivity contribution >= 4 is 33.2 Å². The van der Waals surface area contributed by atoms with Crippen molar-refractivity contribution < 1.29 is 13.2 Å². The molecule has 1 N–H and O–H groups in total. The van der Waals surface area contributed by atoms with Crippen LogP contribution in [0.1, 0.15) is 48.0 Å². The Kier molecular flexibility index (Phi) is 6.43. The Morgan fingerprint density at radius 3 is 2.36 bits per heavy atom. The summed E-state index contributed by atoms with van der Waals surface area (Å²) < 4.78 is 27.3. The minimum absolute atomic E-state index is 0.0486. The predicted molar refractivity (Wildman–Crippen MR) is 112 cm³/mol. The van der Waals surface area contributed by atoms with Gasteiger partial charge < -0.3 is 5.32 Å². The lowest BCUT2D eigenvalue weighted by Gasteiger charge is -2.30. The Morgan fingerprint density at radius 2 is 1.71 bits per heavy atom. The molecule has 0 aliphatic heterocycles. The summed E-state index contributed by atoms with van der Waals surface area (Å²) in [6.07, 6.45) is 5.09. The van der Waals surface area contributed by atoms with E-state index in [2.05, 4.69) is 5.32 Å². The summed E-state index contributed by atoms with van der Waals surface area (Å²) in [5.41, 5.74) is 1.80. The molecule has 2 aromatic rings. The van der Waals surface area contributed by atoms with Gasteiger partial charge >= 0.3 is 0 Å². The summed E-state index contributed by atoms with van der Waals surface area (Å²) in [5.74, 6) is -0.310. The molecule has 3 rings (SSSR count). The van der Waals surface area contributed by atoms with Crippen molar-refractivity contribution in [1.29, 1.82) is 0 Å². The first-order valence-electron chi connectivity index (χ1n) is 9.45. The zero-order chi connectivity index (χ0) is 20.3. The highest BCUT2D eigenvalue weighted by Crippen LogP contribution is 2.27. The van der Waals surface area contributed by atoms with Crippen molar-refractivity contribution in [1.82, 2.24) is 4.31 Å². The monoisotopic (exact) mass is 420 g/mol. The molecule has 28 heavy (non-hydrogen) atoms. The van der Waals surface area contributed by atoms with E-state index in [0.717, 1.165) is 31.2 Å². The summed E-state index contributed by atoms with van der Waals surface area (Å²) in [6, 6.07) is 11.4. The van der Waals surface area contributed by atoms with Gasteiger partial charge in [-0.3, -0.25) is 4.79 Å². The van der Waals surface area contributed by atoms with Crippen LogP contribution >= 0.6 is 11.6 Å². The fourth-order valence-corrected chi connectivity index (χ4v) is 5.11. The van der Waals surface area contributed by atoms with E-state index >= 15 is 0 Å². The smallest absolute Gasteiger partial charge is 0.255 e. The molecule has 1 amide bonds. The maximum absolute atomic E-state index is 12.9. The summed E-state index contributed by atoms with van der Waals surface area (Å²) in [4.78, 5) is 12.7. The van der Waals surface area contributed by atoms with Gasteiger partial charge in [0.1, 0.15) is 0 Å². The van der Waals surface area contributed by atoms with E-state index in [1.54, 1.807) is 25.2 Å². The third-order valence-electron chi connectivity index (χ3n) is 5.40. The Morgan fingerprint density at radius 1 is 1.07 bits per heavy atom. The van der Waals surface area contributed by atoms with E-state index in [0.29, 0.717) is 16.3 Å². The normalized spacial score (nSPS) is 15.6. The molecule has 0 heterocycles. The SMILES string of the molecule is Cc1c(Cl)cccc1NC(=O)c1ccc(S(=O)(=O)N(C)C2CCCCC2)cc1. The minimum atomic E-state index is -3.57. The molecule has 0 spiro atoms. The van der Waals surface area contributed by atoms with E-state index in [9.17, 15) is 13.2 Å². The Bertz CT molecular complexity index is 952. The first-order chi connectivity index (χ1) is 13.3. The van der Waals surface area contributed by atoms with E-state index < -0.39 is 10.0 Å². The summed E-state index contributed by atoms with van der Waals surface area (Å²) in [5, 5.41) is 3.39. The lowest BCUT2D eigenvalue weighted by atomic mass is 9.96. The van der Waals surface area contributed by atoms with E-state index in [-0.39, 0.29) is 16.8 Å². The number of carbonyl (C=O) groups excluding carboxylic acids is 1. The standard InChI is InChI=1S/C21H25ClN2O3S/c1-15-19(22)9-6-10-20(15)23-21(25)16-11-13-18(14-12-16)28(26,27)24(2)17-7-4-3-5-8-17/h6,9-14,17H,3-5,7-8H2,1-2H3,(H,23,25). The predicted octanol–water partition coefficient (Wildman–Crippen LogP) is 4.85. The van der Waals surface area contributed by atoms with Crippen LogP contribution < -0.4 is 5.32 Å². The van der Waals surface area contributed by atoms with Crippen molar-refractivity contribution in [2.75, 3.05) is 12.4 Å². The lowest BCUT2D eigenvalue weighted by Crippen LogP contribution is -2.38.